The summed E-state index contributed by atoms with van der Waals surface area (Å²) in [7, 11) is 0. The highest BCUT2D eigenvalue weighted by atomic mass is 19.1. The lowest BCUT2D eigenvalue weighted by molar-refractivity contribution is -0.134. The van der Waals surface area contributed by atoms with Crippen LogP contribution in [0.4, 0.5) is 4.39 Å². The zero-order valence-corrected chi connectivity index (χ0v) is 18.3. The zero-order chi connectivity index (χ0) is 23.3. The number of aryl methyl sites for hydroxylation is 2. The molecule has 1 aliphatic heterocycles. The molecule has 0 bridgehead atoms. The molecule has 1 spiro atoms. The van der Waals surface area contributed by atoms with Crippen LogP contribution >= 0.6 is 0 Å². The third-order valence-corrected chi connectivity index (χ3v) is 6.21. The smallest absolute Gasteiger partial charge is 0.296 e. The fourth-order valence-corrected chi connectivity index (χ4v) is 4.41. The number of aromatic nitrogens is 5. The average molecular weight is 454 g/mol. The summed E-state index contributed by atoms with van der Waals surface area (Å²) < 4.78 is 22.7. The van der Waals surface area contributed by atoms with Gasteiger partial charge in [0.25, 0.3) is 11.5 Å². The maximum atomic E-state index is 14.0. The van der Waals surface area contributed by atoms with Gasteiger partial charge < -0.3 is 15.2 Å². The van der Waals surface area contributed by atoms with Crippen LogP contribution in [-0.4, -0.2) is 41.9 Å². The van der Waals surface area contributed by atoms with Crippen molar-refractivity contribution in [2.75, 3.05) is 6.61 Å². The molecule has 10 nitrogen and oxygen atoms in total. The summed E-state index contributed by atoms with van der Waals surface area (Å²) in [5, 5.41) is 17.4. The Balaban J connectivity index is 1.45. The summed E-state index contributed by atoms with van der Waals surface area (Å²) in [5.41, 5.74) is -0.675. The molecule has 0 unspecified atom stereocenters. The molecule has 172 valence electrons. The monoisotopic (exact) mass is 454 g/mol. The number of nitrogens with zero attached hydrogens (tertiary/aromatic N) is 5. The standard InChI is InChI=1S/C22H23FN6O4/c1-12-25-13(2)29(27-12)16-10-15(23)5-4-14(16)11-24-19(31)17-18(30)20(32)28-8-9-33-22(6-3-7-22)21(28)26-17/h4-5,10,30H,3,6-9,11H2,1-2H3,(H,24,31). The zero-order valence-electron chi connectivity index (χ0n) is 18.3. The van der Waals surface area contributed by atoms with E-state index in [1.807, 2.05) is 0 Å². The normalized spacial score (nSPS) is 16.3. The first-order valence-corrected chi connectivity index (χ1v) is 10.7. The van der Waals surface area contributed by atoms with Crippen molar-refractivity contribution in [1.29, 1.82) is 0 Å². The first kappa shape index (κ1) is 21.3. The Bertz CT molecular complexity index is 1330. The number of nitrogens with one attached hydrogen (secondary N) is 1. The van der Waals surface area contributed by atoms with Gasteiger partial charge in [0, 0.05) is 6.54 Å². The summed E-state index contributed by atoms with van der Waals surface area (Å²) in [5.74, 6) is -0.393. The molecule has 3 aromatic rings. The van der Waals surface area contributed by atoms with Crippen LogP contribution in [0, 0.1) is 19.7 Å². The molecular weight excluding hydrogens is 431 g/mol. The van der Waals surface area contributed by atoms with Gasteiger partial charge in [-0.05, 0) is 50.8 Å². The van der Waals surface area contributed by atoms with Crippen LogP contribution in [0.1, 0.15) is 52.8 Å². The number of rotatable bonds is 4. The number of ether oxygens (including phenoxy) is 1. The molecule has 1 amide bonds. The highest BCUT2D eigenvalue weighted by Crippen LogP contribution is 2.45. The molecule has 2 aromatic heterocycles. The molecule has 2 N–H and O–H groups in total. The third-order valence-electron chi connectivity index (χ3n) is 6.21. The molecule has 1 saturated carbocycles. The lowest BCUT2D eigenvalue weighted by atomic mass is 9.78. The fraction of sp³-hybridized carbons (Fsp3) is 0.409. The number of fused-ring (bicyclic) bond motifs is 2. The first-order valence-electron chi connectivity index (χ1n) is 10.7. The predicted octanol–water partition coefficient (Wildman–Crippen LogP) is 1.62. The van der Waals surface area contributed by atoms with E-state index in [1.165, 1.54) is 27.4 Å². The Hall–Kier alpha value is -3.60. The van der Waals surface area contributed by atoms with Crippen LogP contribution < -0.4 is 10.9 Å². The van der Waals surface area contributed by atoms with Gasteiger partial charge in [-0.15, -0.1) is 0 Å². The molecule has 1 aromatic carbocycles. The average Bonchev–Trinajstić information content (AvgIpc) is 3.11. The van der Waals surface area contributed by atoms with Crippen LogP contribution in [0.15, 0.2) is 23.0 Å². The lowest BCUT2D eigenvalue weighted by Gasteiger charge is -2.44. The summed E-state index contributed by atoms with van der Waals surface area (Å²) in [6.07, 6.45) is 2.36. The van der Waals surface area contributed by atoms with E-state index in [0.717, 1.165) is 6.42 Å². The molecule has 1 fully saturated rings. The van der Waals surface area contributed by atoms with E-state index in [9.17, 15) is 19.1 Å². The summed E-state index contributed by atoms with van der Waals surface area (Å²) in [4.78, 5) is 34.3. The number of hydrogen-bond donors (Lipinski definition) is 2. The topological polar surface area (TPSA) is 124 Å². The second-order valence-corrected chi connectivity index (χ2v) is 8.36. The minimum Gasteiger partial charge on any atom is -0.501 e. The molecule has 2 aliphatic rings. The first-order chi connectivity index (χ1) is 15.8. The minimum atomic E-state index is -0.713. The van der Waals surface area contributed by atoms with Gasteiger partial charge in [-0.2, -0.15) is 5.10 Å². The van der Waals surface area contributed by atoms with Crippen molar-refractivity contribution in [3.8, 4) is 11.4 Å². The van der Waals surface area contributed by atoms with Crippen molar-refractivity contribution >= 4 is 5.91 Å². The van der Waals surface area contributed by atoms with E-state index in [0.29, 0.717) is 48.2 Å². The maximum Gasteiger partial charge on any atom is 0.296 e. The van der Waals surface area contributed by atoms with Crippen LogP contribution in [0.5, 0.6) is 5.75 Å². The van der Waals surface area contributed by atoms with Gasteiger partial charge in [0.2, 0.25) is 5.75 Å². The quantitative estimate of drug-likeness (QED) is 0.614. The SMILES string of the molecule is Cc1nc(C)n(-c2cc(F)ccc2CNC(=O)c2nc3n(c(=O)c2O)CCOC32CCC2)n1. The van der Waals surface area contributed by atoms with E-state index >= 15 is 0 Å². The van der Waals surface area contributed by atoms with E-state index in [1.54, 1.807) is 13.8 Å². The predicted molar refractivity (Wildman–Crippen MR) is 114 cm³/mol. The molecule has 3 heterocycles. The van der Waals surface area contributed by atoms with Crippen molar-refractivity contribution in [2.24, 2.45) is 0 Å². The Kier molecular flexibility index (Phi) is 5.00. The van der Waals surface area contributed by atoms with E-state index in [-0.39, 0.29) is 18.8 Å². The number of aromatic hydroxyl groups is 1. The van der Waals surface area contributed by atoms with Crippen LogP contribution in [0.25, 0.3) is 5.69 Å². The summed E-state index contributed by atoms with van der Waals surface area (Å²) in [6, 6.07) is 4.12. The molecule has 0 radical (unpaired) electrons. The van der Waals surface area contributed by atoms with Crippen molar-refractivity contribution in [2.45, 2.75) is 51.8 Å². The molecule has 0 saturated heterocycles. The van der Waals surface area contributed by atoms with Crippen molar-refractivity contribution in [1.82, 2.24) is 29.6 Å². The number of benzene rings is 1. The maximum absolute atomic E-state index is 14.0. The van der Waals surface area contributed by atoms with Crippen molar-refractivity contribution < 1.29 is 19.0 Å². The van der Waals surface area contributed by atoms with Crippen LogP contribution in [0.3, 0.4) is 0 Å². The van der Waals surface area contributed by atoms with Gasteiger partial charge in [-0.1, -0.05) is 6.07 Å². The largest absolute Gasteiger partial charge is 0.501 e. The molecule has 33 heavy (non-hydrogen) atoms. The molecule has 0 atom stereocenters. The number of halogens is 1. The van der Waals surface area contributed by atoms with Gasteiger partial charge in [0.15, 0.2) is 5.69 Å². The lowest BCUT2D eigenvalue weighted by Crippen LogP contribution is -2.49. The van der Waals surface area contributed by atoms with Gasteiger partial charge in [0.05, 0.1) is 18.8 Å². The molecule has 1 aliphatic carbocycles. The van der Waals surface area contributed by atoms with Crippen LogP contribution in [0.2, 0.25) is 0 Å². The number of hydrogen-bond acceptors (Lipinski definition) is 7. The molecular formula is C22H23FN6O4. The van der Waals surface area contributed by atoms with E-state index in [2.05, 4.69) is 20.4 Å². The third kappa shape index (κ3) is 3.48. The number of carbonyl (C=O) groups is 1. The Morgan fingerprint density at radius 1 is 1.30 bits per heavy atom. The molecule has 11 heteroatoms. The Labute approximate surface area is 188 Å². The Morgan fingerprint density at radius 3 is 2.76 bits per heavy atom. The van der Waals surface area contributed by atoms with Crippen molar-refractivity contribution in [3.05, 3.63) is 63.1 Å². The van der Waals surface area contributed by atoms with E-state index < -0.39 is 28.6 Å². The summed E-state index contributed by atoms with van der Waals surface area (Å²) >= 11 is 0. The van der Waals surface area contributed by atoms with Crippen molar-refractivity contribution in [3.63, 3.8) is 0 Å². The van der Waals surface area contributed by atoms with Gasteiger partial charge in [-0.25, -0.2) is 19.0 Å². The number of amides is 1. The second-order valence-electron chi connectivity index (χ2n) is 8.36. The fourth-order valence-electron chi connectivity index (χ4n) is 4.41. The van der Waals surface area contributed by atoms with Gasteiger partial charge in [-0.3, -0.25) is 14.2 Å². The van der Waals surface area contributed by atoms with Crippen LogP contribution in [-0.2, 0) is 23.4 Å². The highest BCUT2D eigenvalue weighted by molar-refractivity contribution is 5.94. The second kappa shape index (κ2) is 7.77. The van der Waals surface area contributed by atoms with Gasteiger partial charge in [0.1, 0.15) is 28.9 Å². The number of carbonyl (C=O) groups excluding carboxylic acids is 1. The van der Waals surface area contributed by atoms with Gasteiger partial charge >= 0.3 is 0 Å². The Morgan fingerprint density at radius 2 is 2.09 bits per heavy atom. The summed E-state index contributed by atoms with van der Waals surface area (Å²) in [6.45, 7) is 4.09. The highest BCUT2D eigenvalue weighted by Gasteiger charge is 2.46. The molecule has 5 rings (SSSR count). The minimum absolute atomic E-state index is 0.00598. The van der Waals surface area contributed by atoms with E-state index in [4.69, 9.17) is 4.74 Å².